The minimum absolute atomic E-state index is 0.0979. The third kappa shape index (κ3) is 4.46. The van der Waals surface area contributed by atoms with Gasteiger partial charge in [-0.25, -0.2) is 0 Å². The first-order valence-electron chi connectivity index (χ1n) is 6.95. The van der Waals surface area contributed by atoms with Gasteiger partial charge in [0.25, 0.3) is 0 Å². The normalized spacial score (nSPS) is 22.4. The minimum Gasteiger partial charge on any atom is -0.390 e. The summed E-state index contributed by atoms with van der Waals surface area (Å²) < 4.78 is 5.69. The first-order chi connectivity index (χ1) is 9.19. The fourth-order valence-electron chi connectivity index (χ4n) is 2.52. The zero-order valence-electron chi connectivity index (χ0n) is 11.4. The van der Waals surface area contributed by atoms with Gasteiger partial charge in [0.05, 0.1) is 18.8 Å². The van der Waals surface area contributed by atoms with E-state index in [1.807, 2.05) is 24.3 Å². The Labute approximate surface area is 120 Å². The summed E-state index contributed by atoms with van der Waals surface area (Å²) in [6, 6.07) is 7.65. The topological polar surface area (TPSA) is 32.7 Å². The van der Waals surface area contributed by atoms with Gasteiger partial charge in [0, 0.05) is 24.5 Å². The SMILES string of the molecule is CCCN1CCOC(C(O)Cc2cccc(Cl)c2)C1. The van der Waals surface area contributed by atoms with E-state index in [1.54, 1.807) is 0 Å². The highest BCUT2D eigenvalue weighted by Crippen LogP contribution is 2.16. The predicted molar refractivity (Wildman–Crippen MR) is 77.6 cm³/mol. The zero-order chi connectivity index (χ0) is 13.7. The van der Waals surface area contributed by atoms with Gasteiger partial charge in [-0.15, -0.1) is 0 Å². The molecule has 2 atom stereocenters. The van der Waals surface area contributed by atoms with Gasteiger partial charge in [-0.3, -0.25) is 4.90 Å². The van der Waals surface area contributed by atoms with Crippen molar-refractivity contribution in [1.29, 1.82) is 0 Å². The lowest BCUT2D eigenvalue weighted by atomic mass is 10.0. The summed E-state index contributed by atoms with van der Waals surface area (Å²) in [5.74, 6) is 0. The summed E-state index contributed by atoms with van der Waals surface area (Å²) in [6.07, 6.45) is 1.15. The molecule has 0 spiro atoms. The number of aliphatic hydroxyl groups excluding tert-OH is 1. The second-order valence-corrected chi connectivity index (χ2v) is 5.55. The van der Waals surface area contributed by atoms with Crippen LogP contribution in [0.4, 0.5) is 0 Å². The number of benzene rings is 1. The summed E-state index contributed by atoms with van der Waals surface area (Å²) >= 11 is 5.96. The van der Waals surface area contributed by atoms with E-state index in [4.69, 9.17) is 16.3 Å². The van der Waals surface area contributed by atoms with E-state index < -0.39 is 6.10 Å². The van der Waals surface area contributed by atoms with Crippen LogP contribution in [0.25, 0.3) is 0 Å². The largest absolute Gasteiger partial charge is 0.390 e. The minimum atomic E-state index is -0.474. The summed E-state index contributed by atoms with van der Waals surface area (Å²) in [5, 5.41) is 11.0. The highest BCUT2D eigenvalue weighted by Gasteiger charge is 2.26. The molecule has 19 heavy (non-hydrogen) atoms. The number of morpholine rings is 1. The van der Waals surface area contributed by atoms with E-state index in [9.17, 15) is 5.11 Å². The molecule has 1 heterocycles. The molecule has 1 N–H and O–H groups in total. The van der Waals surface area contributed by atoms with Crippen LogP contribution in [0.2, 0.25) is 5.02 Å². The Morgan fingerprint density at radius 3 is 3.11 bits per heavy atom. The van der Waals surface area contributed by atoms with Crippen molar-refractivity contribution in [2.75, 3.05) is 26.2 Å². The lowest BCUT2D eigenvalue weighted by Crippen LogP contribution is -2.48. The van der Waals surface area contributed by atoms with Gasteiger partial charge in [-0.2, -0.15) is 0 Å². The van der Waals surface area contributed by atoms with Crippen molar-refractivity contribution in [3.8, 4) is 0 Å². The summed E-state index contributed by atoms with van der Waals surface area (Å²) in [7, 11) is 0. The lowest BCUT2D eigenvalue weighted by molar-refractivity contribution is -0.0877. The van der Waals surface area contributed by atoms with Crippen molar-refractivity contribution in [1.82, 2.24) is 4.90 Å². The molecule has 0 amide bonds. The van der Waals surface area contributed by atoms with Crippen LogP contribution in [0.3, 0.4) is 0 Å². The van der Waals surface area contributed by atoms with Gasteiger partial charge in [0.1, 0.15) is 0 Å². The Hall–Kier alpha value is -0.610. The summed E-state index contributed by atoms with van der Waals surface area (Å²) in [6.45, 7) is 5.73. The molecule has 2 unspecified atom stereocenters. The molecular formula is C15H22ClNO2. The molecule has 0 aromatic heterocycles. The average molecular weight is 284 g/mol. The number of halogens is 1. The molecule has 4 heteroatoms. The maximum atomic E-state index is 10.3. The summed E-state index contributed by atoms with van der Waals surface area (Å²) in [5.41, 5.74) is 1.05. The fraction of sp³-hybridized carbons (Fsp3) is 0.600. The number of hydrogen-bond acceptors (Lipinski definition) is 3. The van der Waals surface area contributed by atoms with Gasteiger partial charge < -0.3 is 9.84 Å². The van der Waals surface area contributed by atoms with Crippen LogP contribution in [0.1, 0.15) is 18.9 Å². The second-order valence-electron chi connectivity index (χ2n) is 5.11. The molecule has 0 bridgehead atoms. The average Bonchev–Trinajstić information content (AvgIpc) is 2.39. The van der Waals surface area contributed by atoms with Gasteiger partial charge >= 0.3 is 0 Å². The van der Waals surface area contributed by atoms with Crippen LogP contribution in [0.15, 0.2) is 24.3 Å². The van der Waals surface area contributed by atoms with Crippen LogP contribution < -0.4 is 0 Å². The van der Waals surface area contributed by atoms with Crippen LogP contribution in [-0.2, 0) is 11.2 Å². The van der Waals surface area contributed by atoms with Crippen molar-refractivity contribution in [3.05, 3.63) is 34.9 Å². The molecule has 1 aliphatic heterocycles. The Balaban J connectivity index is 1.90. The first kappa shape index (κ1) is 14.8. The van der Waals surface area contributed by atoms with Crippen molar-refractivity contribution >= 4 is 11.6 Å². The summed E-state index contributed by atoms with van der Waals surface area (Å²) in [4.78, 5) is 2.36. The van der Waals surface area contributed by atoms with E-state index in [0.717, 1.165) is 31.6 Å². The number of nitrogens with zero attached hydrogens (tertiary/aromatic N) is 1. The molecule has 0 radical (unpaired) electrons. The van der Waals surface area contributed by atoms with Crippen LogP contribution in [0.5, 0.6) is 0 Å². The molecule has 0 saturated carbocycles. The number of rotatable bonds is 5. The molecule has 1 aliphatic rings. The Morgan fingerprint density at radius 1 is 1.53 bits per heavy atom. The monoisotopic (exact) mass is 283 g/mol. The van der Waals surface area contributed by atoms with E-state index >= 15 is 0 Å². The maximum Gasteiger partial charge on any atom is 0.0964 e. The standard InChI is InChI=1S/C15H22ClNO2/c1-2-6-17-7-8-19-15(11-17)14(18)10-12-4-3-5-13(16)9-12/h3-5,9,14-15,18H,2,6-8,10-11H2,1H3. The third-order valence-corrected chi connectivity index (χ3v) is 3.72. The lowest BCUT2D eigenvalue weighted by Gasteiger charge is -2.35. The molecule has 2 rings (SSSR count). The first-order valence-corrected chi connectivity index (χ1v) is 7.33. The fourth-order valence-corrected chi connectivity index (χ4v) is 2.73. The highest BCUT2D eigenvalue weighted by molar-refractivity contribution is 6.30. The number of aliphatic hydroxyl groups is 1. The van der Waals surface area contributed by atoms with Gasteiger partial charge in [0.15, 0.2) is 0 Å². The molecule has 0 aliphatic carbocycles. The number of hydrogen-bond donors (Lipinski definition) is 1. The zero-order valence-corrected chi connectivity index (χ0v) is 12.1. The molecule has 1 aromatic carbocycles. The van der Waals surface area contributed by atoms with E-state index in [0.29, 0.717) is 18.1 Å². The maximum absolute atomic E-state index is 10.3. The van der Waals surface area contributed by atoms with Gasteiger partial charge in [-0.05, 0) is 30.7 Å². The third-order valence-electron chi connectivity index (χ3n) is 3.48. The van der Waals surface area contributed by atoms with Crippen molar-refractivity contribution in [3.63, 3.8) is 0 Å². The molecule has 106 valence electrons. The van der Waals surface area contributed by atoms with Crippen molar-refractivity contribution in [2.24, 2.45) is 0 Å². The molecular weight excluding hydrogens is 262 g/mol. The van der Waals surface area contributed by atoms with Gasteiger partial charge in [0.2, 0.25) is 0 Å². The van der Waals surface area contributed by atoms with Crippen molar-refractivity contribution < 1.29 is 9.84 Å². The quantitative estimate of drug-likeness (QED) is 0.900. The highest BCUT2D eigenvalue weighted by atomic mass is 35.5. The Bertz CT molecular complexity index is 397. The second kappa shape index (κ2) is 7.25. The van der Waals surface area contributed by atoms with Crippen molar-refractivity contribution in [2.45, 2.75) is 32.0 Å². The molecule has 1 fully saturated rings. The molecule has 1 saturated heterocycles. The van der Waals surface area contributed by atoms with E-state index in [1.165, 1.54) is 0 Å². The molecule has 3 nitrogen and oxygen atoms in total. The molecule has 1 aromatic rings. The van der Waals surface area contributed by atoms with Gasteiger partial charge in [-0.1, -0.05) is 30.7 Å². The Kier molecular flexibility index (Phi) is 5.64. The van der Waals surface area contributed by atoms with Crippen LogP contribution in [0, 0.1) is 0 Å². The van der Waals surface area contributed by atoms with E-state index in [-0.39, 0.29) is 6.10 Å². The smallest absolute Gasteiger partial charge is 0.0964 e. The van der Waals surface area contributed by atoms with Crippen LogP contribution >= 0.6 is 11.6 Å². The predicted octanol–water partition coefficient (Wildman–Crippen LogP) is 2.35. The Morgan fingerprint density at radius 2 is 2.37 bits per heavy atom. The number of ether oxygens (including phenoxy) is 1. The van der Waals surface area contributed by atoms with E-state index in [2.05, 4.69) is 11.8 Å². The van der Waals surface area contributed by atoms with Crippen LogP contribution in [-0.4, -0.2) is 48.5 Å².